The lowest BCUT2D eigenvalue weighted by molar-refractivity contribution is 0.440. The Morgan fingerprint density at radius 2 is 2.19 bits per heavy atom. The highest BCUT2D eigenvalue weighted by Crippen LogP contribution is 2.23. The van der Waals surface area contributed by atoms with Crippen LogP contribution in [0.25, 0.3) is 0 Å². The van der Waals surface area contributed by atoms with Gasteiger partial charge in [-0.25, -0.2) is 8.42 Å². The van der Waals surface area contributed by atoms with Crippen molar-refractivity contribution >= 4 is 27.3 Å². The summed E-state index contributed by atoms with van der Waals surface area (Å²) in [6.07, 6.45) is 0.683. The normalized spacial score (nSPS) is 20.1. The first kappa shape index (κ1) is 11.7. The van der Waals surface area contributed by atoms with E-state index in [1.807, 2.05) is 0 Å². The summed E-state index contributed by atoms with van der Waals surface area (Å²) in [4.78, 5) is 0. The molecule has 2 rings (SSSR count). The van der Waals surface area contributed by atoms with Gasteiger partial charge in [0, 0.05) is 23.8 Å². The number of anilines is 1. The summed E-state index contributed by atoms with van der Waals surface area (Å²) in [5, 5.41) is 0.570. The Labute approximate surface area is 100 Å². The number of nitrogens with two attached hydrogens (primary N) is 1. The van der Waals surface area contributed by atoms with Crippen molar-refractivity contribution in [2.75, 3.05) is 18.0 Å². The van der Waals surface area contributed by atoms with Crippen molar-refractivity contribution in [2.45, 2.75) is 13.0 Å². The molecule has 0 aromatic heterocycles. The summed E-state index contributed by atoms with van der Waals surface area (Å²) < 4.78 is 24.7. The predicted octanol–water partition coefficient (Wildman–Crippen LogP) is 1.46. The maximum Gasteiger partial charge on any atom is 0.214 e. The van der Waals surface area contributed by atoms with Gasteiger partial charge in [-0.3, -0.25) is 0 Å². The molecule has 0 atom stereocenters. The third kappa shape index (κ3) is 2.31. The fourth-order valence-corrected chi connectivity index (χ4v) is 3.46. The van der Waals surface area contributed by atoms with E-state index in [9.17, 15) is 8.42 Å². The van der Waals surface area contributed by atoms with E-state index >= 15 is 0 Å². The zero-order chi connectivity index (χ0) is 11.8. The summed E-state index contributed by atoms with van der Waals surface area (Å²) in [5.74, 6) is 0.230. The first-order valence-corrected chi connectivity index (χ1v) is 6.99. The fourth-order valence-electron chi connectivity index (χ4n) is 1.77. The Morgan fingerprint density at radius 1 is 1.44 bits per heavy atom. The molecule has 0 unspecified atom stereocenters. The van der Waals surface area contributed by atoms with E-state index < -0.39 is 10.0 Å². The molecule has 0 saturated carbocycles. The number of sulfonamides is 1. The lowest BCUT2D eigenvalue weighted by Crippen LogP contribution is -2.25. The molecule has 1 saturated heterocycles. The Bertz CT molecular complexity index is 502. The lowest BCUT2D eigenvalue weighted by atomic mass is 10.2. The first-order chi connectivity index (χ1) is 7.49. The molecular weight excluding hydrogens is 248 g/mol. The van der Waals surface area contributed by atoms with Crippen LogP contribution in [0.1, 0.15) is 12.0 Å². The quantitative estimate of drug-likeness (QED) is 0.819. The van der Waals surface area contributed by atoms with Gasteiger partial charge in [-0.15, -0.1) is 0 Å². The standard InChI is InChI=1S/C10H13ClN2O2S/c11-9-2-3-10(12)8(6-9)7-13-4-1-5-16(13,14)15/h2-3,6H,1,4-5,7,12H2. The van der Waals surface area contributed by atoms with Crippen molar-refractivity contribution in [3.63, 3.8) is 0 Å². The molecule has 0 spiro atoms. The van der Waals surface area contributed by atoms with Crippen molar-refractivity contribution in [3.05, 3.63) is 28.8 Å². The molecule has 0 radical (unpaired) electrons. The molecular formula is C10H13ClN2O2S. The van der Waals surface area contributed by atoms with E-state index in [2.05, 4.69) is 0 Å². The molecule has 1 fully saturated rings. The zero-order valence-corrected chi connectivity index (χ0v) is 10.3. The van der Waals surface area contributed by atoms with Gasteiger partial charge in [0.2, 0.25) is 10.0 Å². The first-order valence-electron chi connectivity index (χ1n) is 5.01. The molecule has 2 N–H and O–H groups in total. The SMILES string of the molecule is Nc1ccc(Cl)cc1CN1CCCS1(=O)=O. The summed E-state index contributed by atoms with van der Waals surface area (Å²) in [6.45, 7) is 0.878. The second-order valence-electron chi connectivity index (χ2n) is 3.85. The zero-order valence-electron chi connectivity index (χ0n) is 8.69. The Kier molecular flexibility index (Phi) is 3.10. The maximum atomic E-state index is 11.6. The minimum atomic E-state index is -3.08. The number of hydrogen-bond donors (Lipinski definition) is 1. The van der Waals surface area contributed by atoms with Crippen LogP contribution in [0.4, 0.5) is 5.69 Å². The van der Waals surface area contributed by atoms with Crippen LogP contribution >= 0.6 is 11.6 Å². The molecule has 0 amide bonds. The highest BCUT2D eigenvalue weighted by Gasteiger charge is 2.28. The van der Waals surface area contributed by atoms with Gasteiger partial charge in [0.1, 0.15) is 0 Å². The summed E-state index contributed by atoms with van der Waals surface area (Å²) in [6, 6.07) is 5.10. The molecule has 1 aromatic rings. The largest absolute Gasteiger partial charge is 0.398 e. The van der Waals surface area contributed by atoms with Crippen molar-refractivity contribution in [1.82, 2.24) is 4.31 Å². The minimum absolute atomic E-state index is 0.230. The van der Waals surface area contributed by atoms with Crippen LogP contribution in [0.15, 0.2) is 18.2 Å². The second kappa shape index (κ2) is 4.24. The number of nitrogens with zero attached hydrogens (tertiary/aromatic N) is 1. The molecule has 4 nitrogen and oxygen atoms in total. The number of benzene rings is 1. The van der Waals surface area contributed by atoms with Crippen LogP contribution in [0.2, 0.25) is 5.02 Å². The topological polar surface area (TPSA) is 63.4 Å². The highest BCUT2D eigenvalue weighted by atomic mass is 35.5. The molecule has 1 aromatic carbocycles. The van der Waals surface area contributed by atoms with E-state index in [0.29, 0.717) is 30.2 Å². The van der Waals surface area contributed by atoms with Gasteiger partial charge < -0.3 is 5.73 Å². The molecule has 0 aliphatic carbocycles. The lowest BCUT2D eigenvalue weighted by Gasteiger charge is -2.15. The summed E-state index contributed by atoms with van der Waals surface area (Å²) in [7, 11) is -3.08. The van der Waals surface area contributed by atoms with Gasteiger partial charge in [-0.05, 0) is 30.2 Å². The Hall–Kier alpha value is -0.780. The number of halogens is 1. The molecule has 0 bridgehead atoms. The van der Waals surface area contributed by atoms with Gasteiger partial charge in [-0.2, -0.15) is 4.31 Å². The van der Waals surface area contributed by atoms with Crippen LogP contribution in [0, 0.1) is 0 Å². The van der Waals surface area contributed by atoms with Crippen molar-refractivity contribution in [2.24, 2.45) is 0 Å². The predicted molar refractivity (Wildman–Crippen MR) is 64.7 cm³/mol. The summed E-state index contributed by atoms with van der Waals surface area (Å²) >= 11 is 5.85. The number of nitrogen functional groups attached to an aromatic ring is 1. The van der Waals surface area contributed by atoms with Crippen LogP contribution in [0.3, 0.4) is 0 Å². The molecule has 6 heteroatoms. The second-order valence-corrected chi connectivity index (χ2v) is 6.37. The Balaban J connectivity index is 2.24. The minimum Gasteiger partial charge on any atom is -0.398 e. The molecule has 88 valence electrons. The molecule has 1 aliphatic heterocycles. The number of rotatable bonds is 2. The molecule has 1 heterocycles. The van der Waals surface area contributed by atoms with Crippen LogP contribution in [-0.2, 0) is 16.6 Å². The molecule has 16 heavy (non-hydrogen) atoms. The summed E-state index contributed by atoms with van der Waals surface area (Å²) in [5.41, 5.74) is 7.11. The average Bonchev–Trinajstić information content (AvgIpc) is 2.52. The van der Waals surface area contributed by atoms with E-state index in [-0.39, 0.29) is 5.75 Å². The van der Waals surface area contributed by atoms with E-state index in [1.165, 1.54) is 4.31 Å². The fraction of sp³-hybridized carbons (Fsp3) is 0.400. The van der Waals surface area contributed by atoms with Crippen molar-refractivity contribution in [3.8, 4) is 0 Å². The van der Waals surface area contributed by atoms with Gasteiger partial charge in [0.05, 0.1) is 5.75 Å². The van der Waals surface area contributed by atoms with E-state index in [4.69, 9.17) is 17.3 Å². The third-order valence-corrected chi connectivity index (χ3v) is 4.79. The van der Waals surface area contributed by atoms with E-state index in [0.717, 1.165) is 5.56 Å². The smallest absolute Gasteiger partial charge is 0.214 e. The third-order valence-electron chi connectivity index (χ3n) is 2.65. The van der Waals surface area contributed by atoms with Gasteiger partial charge in [0.15, 0.2) is 0 Å². The van der Waals surface area contributed by atoms with Crippen LogP contribution in [-0.4, -0.2) is 25.0 Å². The van der Waals surface area contributed by atoms with Gasteiger partial charge in [-0.1, -0.05) is 11.6 Å². The Morgan fingerprint density at radius 3 is 2.81 bits per heavy atom. The van der Waals surface area contributed by atoms with Crippen molar-refractivity contribution in [1.29, 1.82) is 0 Å². The highest BCUT2D eigenvalue weighted by molar-refractivity contribution is 7.89. The maximum absolute atomic E-state index is 11.6. The van der Waals surface area contributed by atoms with Crippen LogP contribution in [0.5, 0.6) is 0 Å². The van der Waals surface area contributed by atoms with Gasteiger partial charge >= 0.3 is 0 Å². The monoisotopic (exact) mass is 260 g/mol. The molecule has 1 aliphatic rings. The van der Waals surface area contributed by atoms with E-state index in [1.54, 1.807) is 18.2 Å². The average molecular weight is 261 g/mol. The van der Waals surface area contributed by atoms with Crippen molar-refractivity contribution < 1.29 is 8.42 Å². The number of hydrogen-bond acceptors (Lipinski definition) is 3. The van der Waals surface area contributed by atoms with Gasteiger partial charge in [0.25, 0.3) is 0 Å². The van der Waals surface area contributed by atoms with Crippen LogP contribution < -0.4 is 5.73 Å².